The molecule has 2 unspecified atom stereocenters. The summed E-state index contributed by atoms with van der Waals surface area (Å²) in [4.78, 5) is 19.5. The Kier molecular flexibility index (Phi) is 9.35. The van der Waals surface area contributed by atoms with Crippen LogP contribution < -0.4 is 11.2 Å². The summed E-state index contributed by atoms with van der Waals surface area (Å²) in [5, 5.41) is 44.0. The quantitative estimate of drug-likeness (QED) is 0.205. The average Bonchev–Trinajstić information content (AvgIpc) is 2.48. The molecule has 0 aliphatic rings. The number of carboxylic acids is 2. The van der Waals surface area contributed by atoms with Crippen molar-refractivity contribution in [2.45, 2.75) is 12.2 Å². The Hall–Kier alpha value is -2.40. The number of hydrogen-bond acceptors (Lipinski definition) is 6. The van der Waals surface area contributed by atoms with Crippen molar-refractivity contribution in [1.29, 1.82) is 5.41 Å². The topological polar surface area (TPSA) is 189 Å². The number of carbonyl (C=O) groups is 2. The highest BCUT2D eigenvalue weighted by Crippen LogP contribution is 2.21. The molecule has 1 rings (SSSR count). The highest BCUT2D eigenvalue weighted by Gasteiger charge is 2.29. The first kappa shape index (κ1) is 21.6. The lowest BCUT2D eigenvalue weighted by Gasteiger charge is -2.07. The van der Waals surface area contributed by atoms with E-state index in [2.05, 4.69) is 10.5 Å². The normalized spacial score (nSPS) is 12.7. The molecule has 132 valence electrons. The molecule has 1 aromatic carbocycles. The highest BCUT2D eigenvalue weighted by molar-refractivity contribution is 6.38. The van der Waals surface area contributed by atoms with E-state index in [1.165, 1.54) is 6.21 Å². The van der Waals surface area contributed by atoms with Crippen LogP contribution in [0.2, 0.25) is 10.0 Å². The summed E-state index contributed by atoms with van der Waals surface area (Å²) in [6.45, 7) is 0. The molecule has 0 amide bonds. The SMILES string of the molecule is N=C(N)N/N=C/c1c(Cl)cccc1Cl.O=C(O)C(O)C(O)C(=O)O. The minimum Gasteiger partial charge on any atom is -0.479 e. The number of hydrazone groups is 1. The summed E-state index contributed by atoms with van der Waals surface area (Å²) in [7, 11) is 0. The number of nitrogens with two attached hydrogens (primary N) is 1. The summed E-state index contributed by atoms with van der Waals surface area (Å²) in [6, 6.07) is 5.13. The second-order valence-electron chi connectivity index (χ2n) is 3.99. The van der Waals surface area contributed by atoms with Crippen LogP contribution in [0.15, 0.2) is 23.3 Å². The fourth-order valence-corrected chi connectivity index (χ4v) is 1.57. The number of halogens is 2. The monoisotopic (exact) mass is 380 g/mol. The maximum absolute atomic E-state index is 9.77. The van der Waals surface area contributed by atoms with Crippen LogP contribution in [-0.2, 0) is 9.59 Å². The van der Waals surface area contributed by atoms with E-state index in [0.29, 0.717) is 15.6 Å². The number of benzene rings is 1. The van der Waals surface area contributed by atoms with E-state index in [1.807, 2.05) is 0 Å². The lowest BCUT2D eigenvalue weighted by Crippen LogP contribution is -2.39. The van der Waals surface area contributed by atoms with Crippen molar-refractivity contribution in [3.05, 3.63) is 33.8 Å². The van der Waals surface area contributed by atoms with Gasteiger partial charge in [0.1, 0.15) is 0 Å². The zero-order valence-corrected chi connectivity index (χ0v) is 13.4. The maximum atomic E-state index is 9.77. The molecule has 0 heterocycles. The molecule has 0 bridgehead atoms. The summed E-state index contributed by atoms with van der Waals surface area (Å²) in [5.74, 6) is -3.78. The zero-order valence-electron chi connectivity index (χ0n) is 11.8. The van der Waals surface area contributed by atoms with Gasteiger partial charge in [0.2, 0.25) is 5.96 Å². The van der Waals surface area contributed by atoms with Gasteiger partial charge in [0.25, 0.3) is 0 Å². The fourth-order valence-electron chi connectivity index (χ4n) is 1.07. The van der Waals surface area contributed by atoms with Gasteiger partial charge in [-0.3, -0.25) is 5.41 Å². The molecule has 0 aliphatic carbocycles. The Balaban J connectivity index is 0.000000470. The summed E-state index contributed by atoms with van der Waals surface area (Å²) >= 11 is 11.7. The predicted molar refractivity (Wildman–Crippen MR) is 86.4 cm³/mol. The summed E-state index contributed by atoms with van der Waals surface area (Å²) in [6.07, 6.45) is -3.12. The Morgan fingerprint density at radius 3 is 1.92 bits per heavy atom. The molecule has 12 heteroatoms. The van der Waals surface area contributed by atoms with Crippen molar-refractivity contribution in [2.24, 2.45) is 10.8 Å². The Labute approximate surface area is 145 Å². The summed E-state index contributed by atoms with van der Waals surface area (Å²) in [5.41, 5.74) is 7.87. The van der Waals surface area contributed by atoms with Crippen molar-refractivity contribution >= 4 is 47.3 Å². The number of aliphatic carboxylic acids is 2. The minimum atomic E-state index is -2.27. The first-order valence-corrected chi connectivity index (χ1v) is 6.72. The minimum absolute atomic E-state index is 0.246. The highest BCUT2D eigenvalue weighted by atomic mass is 35.5. The van der Waals surface area contributed by atoms with Gasteiger partial charge in [-0.15, -0.1) is 0 Å². The smallest absolute Gasteiger partial charge is 0.335 e. The molecule has 8 N–H and O–H groups in total. The Bertz CT molecular complexity index is 602. The fraction of sp³-hybridized carbons (Fsp3) is 0.167. The van der Waals surface area contributed by atoms with Crippen molar-refractivity contribution < 1.29 is 30.0 Å². The van der Waals surface area contributed by atoms with Crippen LogP contribution in [0.4, 0.5) is 0 Å². The van der Waals surface area contributed by atoms with Gasteiger partial charge in [0.15, 0.2) is 12.2 Å². The molecule has 0 saturated heterocycles. The molecule has 0 aromatic heterocycles. The second kappa shape index (κ2) is 10.4. The lowest BCUT2D eigenvalue weighted by molar-refractivity contribution is -0.165. The molecule has 2 atom stereocenters. The van der Waals surface area contributed by atoms with E-state index >= 15 is 0 Å². The number of nitrogens with one attached hydrogen (secondary N) is 2. The van der Waals surface area contributed by atoms with Crippen LogP contribution in [0.5, 0.6) is 0 Å². The number of guanidine groups is 1. The number of rotatable bonds is 5. The standard InChI is InChI=1S/C8H8Cl2N4.C4H6O6/c9-6-2-1-3-7(10)5(6)4-13-14-8(11)12;5-1(3(7)8)2(6)4(9)10/h1-4H,(H4,11,12,14);1-2,5-6H,(H,7,8)(H,9,10)/b13-4+;. The van der Waals surface area contributed by atoms with Gasteiger partial charge >= 0.3 is 11.9 Å². The molecule has 0 radical (unpaired) electrons. The van der Waals surface area contributed by atoms with E-state index in [4.69, 9.17) is 54.8 Å². The zero-order chi connectivity index (χ0) is 18.9. The van der Waals surface area contributed by atoms with Crippen LogP contribution in [-0.4, -0.2) is 56.7 Å². The van der Waals surface area contributed by atoms with Crippen LogP contribution in [0.25, 0.3) is 0 Å². The van der Waals surface area contributed by atoms with E-state index in [0.717, 1.165) is 0 Å². The molecule has 1 aromatic rings. The molecule has 0 fully saturated rings. The summed E-state index contributed by atoms with van der Waals surface area (Å²) < 4.78 is 0. The number of carboxylic acid groups (broad SMARTS) is 2. The number of aliphatic hydroxyl groups excluding tert-OH is 2. The molecular formula is C12H14Cl2N4O6. The maximum Gasteiger partial charge on any atom is 0.335 e. The number of aliphatic hydroxyl groups is 2. The van der Waals surface area contributed by atoms with Gasteiger partial charge < -0.3 is 26.2 Å². The number of hydrogen-bond donors (Lipinski definition) is 7. The van der Waals surface area contributed by atoms with Crippen LogP contribution in [0, 0.1) is 5.41 Å². The van der Waals surface area contributed by atoms with E-state index in [9.17, 15) is 9.59 Å². The lowest BCUT2D eigenvalue weighted by atomic mass is 10.2. The predicted octanol–water partition coefficient (Wildman–Crippen LogP) is -0.312. The van der Waals surface area contributed by atoms with Crippen molar-refractivity contribution in [1.82, 2.24) is 5.43 Å². The van der Waals surface area contributed by atoms with Gasteiger partial charge in [-0.1, -0.05) is 29.3 Å². The van der Waals surface area contributed by atoms with Crippen LogP contribution >= 0.6 is 23.2 Å². The van der Waals surface area contributed by atoms with E-state index in [1.54, 1.807) is 18.2 Å². The van der Waals surface area contributed by atoms with Gasteiger partial charge in [0.05, 0.1) is 16.3 Å². The van der Waals surface area contributed by atoms with Gasteiger partial charge in [-0.2, -0.15) is 5.10 Å². The van der Waals surface area contributed by atoms with Crippen molar-refractivity contribution in [3.8, 4) is 0 Å². The second-order valence-corrected chi connectivity index (χ2v) is 4.80. The van der Waals surface area contributed by atoms with Crippen molar-refractivity contribution in [2.75, 3.05) is 0 Å². The molecule has 10 nitrogen and oxygen atoms in total. The first-order chi connectivity index (χ1) is 11.1. The van der Waals surface area contributed by atoms with E-state index < -0.39 is 24.1 Å². The third-order valence-corrected chi connectivity index (χ3v) is 2.84. The van der Waals surface area contributed by atoms with E-state index in [-0.39, 0.29) is 5.96 Å². The largest absolute Gasteiger partial charge is 0.479 e. The van der Waals surface area contributed by atoms with Gasteiger partial charge in [0, 0.05) is 5.56 Å². The Morgan fingerprint density at radius 1 is 1.17 bits per heavy atom. The molecular weight excluding hydrogens is 367 g/mol. The molecule has 0 aliphatic heterocycles. The third-order valence-electron chi connectivity index (χ3n) is 2.18. The third kappa shape index (κ3) is 7.74. The van der Waals surface area contributed by atoms with Crippen LogP contribution in [0.1, 0.15) is 5.56 Å². The average molecular weight is 381 g/mol. The molecule has 0 spiro atoms. The number of nitrogens with zero attached hydrogens (tertiary/aromatic N) is 1. The van der Waals surface area contributed by atoms with Crippen molar-refractivity contribution in [3.63, 3.8) is 0 Å². The van der Waals surface area contributed by atoms with Crippen LogP contribution in [0.3, 0.4) is 0 Å². The van der Waals surface area contributed by atoms with Gasteiger partial charge in [-0.25, -0.2) is 15.0 Å². The Morgan fingerprint density at radius 2 is 1.58 bits per heavy atom. The first-order valence-electron chi connectivity index (χ1n) is 5.96. The molecule has 0 saturated carbocycles. The molecule has 24 heavy (non-hydrogen) atoms. The van der Waals surface area contributed by atoms with Gasteiger partial charge in [-0.05, 0) is 12.1 Å².